The zero-order chi connectivity index (χ0) is 27.1. The Hall–Kier alpha value is -4.46. The van der Waals surface area contributed by atoms with Gasteiger partial charge in [-0.25, -0.2) is 10.2 Å². The van der Waals surface area contributed by atoms with Gasteiger partial charge in [-0.1, -0.05) is 40.9 Å². The summed E-state index contributed by atoms with van der Waals surface area (Å²) in [6.07, 6.45) is 1.34. The molecule has 0 unspecified atom stereocenters. The van der Waals surface area contributed by atoms with Gasteiger partial charge in [-0.2, -0.15) is 5.10 Å². The highest BCUT2D eigenvalue weighted by atomic mass is 35.5. The average molecular weight is 546 g/mol. The Balaban J connectivity index is 1.38. The molecule has 0 saturated carbocycles. The maximum absolute atomic E-state index is 12.5. The van der Waals surface area contributed by atoms with Gasteiger partial charge in [0.15, 0.2) is 0 Å². The summed E-state index contributed by atoms with van der Waals surface area (Å²) >= 11 is 11.9. The normalized spacial score (nSPS) is 10.7. The van der Waals surface area contributed by atoms with E-state index in [0.29, 0.717) is 38.0 Å². The van der Waals surface area contributed by atoms with E-state index in [1.807, 2.05) is 19.1 Å². The quantitative estimate of drug-likeness (QED) is 0.119. The van der Waals surface area contributed by atoms with Crippen LogP contribution in [0.15, 0.2) is 96.1 Å². The molecule has 0 spiro atoms. The van der Waals surface area contributed by atoms with Crippen molar-refractivity contribution in [1.82, 2.24) is 5.43 Å². The van der Waals surface area contributed by atoms with Gasteiger partial charge < -0.3 is 10.1 Å². The van der Waals surface area contributed by atoms with E-state index in [9.17, 15) is 14.4 Å². The number of nitrogens with one attached hydrogen (secondary N) is 2. The minimum absolute atomic E-state index is 0.235. The Morgan fingerprint density at radius 2 is 1.32 bits per heavy atom. The van der Waals surface area contributed by atoms with Gasteiger partial charge in [0.25, 0.3) is 11.8 Å². The summed E-state index contributed by atoms with van der Waals surface area (Å²) in [5.74, 6) is -1.08. The maximum Gasteiger partial charge on any atom is 0.343 e. The largest absolute Gasteiger partial charge is 0.422 e. The number of anilines is 1. The first-order valence-corrected chi connectivity index (χ1v) is 12.1. The van der Waals surface area contributed by atoms with E-state index < -0.39 is 11.9 Å². The summed E-state index contributed by atoms with van der Waals surface area (Å²) in [7, 11) is 0. The van der Waals surface area contributed by atoms with Crippen molar-refractivity contribution in [2.45, 2.75) is 6.92 Å². The first-order valence-electron chi connectivity index (χ1n) is 11.4. The molecule has 0 fully saturated rings. The van der Waals surface area contributed by atoms with Crippen LogP contribution in [0.3, 0.4) is 0 Å². The second-order valence-electron chi connectivity index (χ2n) is 8.18. The lowest BCUT2D eigenvalue weighted by atomic mass is 10.1. The number of halogens is 2. The van der Waals surface area contributed by atoms with Crippen LogP contribution in [0.4, 0.5) is 5.69 Å². The van der Waals surface area contributed by atoms with Gasteiger partial charge in [-0.15, -0.1) is 0 Å². The molecule has 190 valence electrons. The Kier molecular flexibility index (Phi) is 8.53. The van der Waals surface area contributed by atoms with E-state index in [2.05, 4.69) is 15.8 Å². The Labute approximate surface area is 229 Å². The first-order chi connectivity index (χ1) is 18.3. The molecule has 2 amide bonds. The van der Waals surface area contributed by atoms with Gasteiger partial charge in [0, 0.05) is 32.4 Å². The third kappa shape index (κ3) is 7.06. The number of rotatable bonds is 7. The zero-order valence-corrected chi connectivity index (χ0v) is 21.6. The third-order valence-corrected chi connectivity index (χ3v) is 5.83. The molecule has 0 aliphatic carbocycles. The smallest absolute Gasteiger partial charge is 0.343 e. The van der Waals surface area contributed by atoms with Gasteiger partial charge in [-0.05, 0) is 85.8 Å². The fourth-order valence-electron chi connectivity index (χ4n) is 3.30. The number of hydrogen-bond donors (Lipinski definition) is 2. The van der Waals surface area contributed by atoms with E-state index >= 15 is 0 Å². The second kappa shape index (κ2) is 12.2. The number of esters is 1. The molecule has 0 heterocycles. The molecule has 0 radical (unpaired) electrons. The molecule has 0 aliphatic rings. The molecule has 38 heavy (non-hydrogen) atoms. The van der Waals surface area contributed by atoms with Gasteiger partial charge >= 0.3 is 5.97 Å². The Bertz CT molecular complexity index is 1500. The molecule has 0 aromatic heterocycles. The van der Waals surface area contributed by atoms with Crippen molar-refractivity contribution in [2.75, 3.05) is 5.32 Å². The van der Waals surface area contributed by atoms with E-state index in [0.717, 1.165) is 5.56 Å². The summed E-state index contributed by atoms with van der Waals surface area (Å²) in [4.78, 5) is 37.4. The summed E-state index contributed by atoms with van der Waals surface area (Å²) < 4.78 is 5.51. The number of hydrogen-bond acceptors (Lipinski definition) is 5. The van der Waals surface area contributed by atoms with E-state index in [4.69, 9.17) is 27.9 Å². The third-order valence-electron chi connectivity index (χ3n) is 5.34. The second-order valence-corrected chi connectivity index (χ2v) is 9.05. The van der Waals surface area contributed by atoms with Crippen molar-refractivity contribution in [3.05, 3.63) is 129 Å². The van der Waals surface area contributed by atoms with Crippen molar-refractivity contribution in [2.24, 2.45) is 5.10 Å². The molecule has 0 aliphatic heterocycles. The monoisotopic (exact) mass is 545 g/mol. The van der Waals surface area contributed by atoms with E-state index in [-0.39, 0.29) is 11.7 Å². The first kappa shape index (κ1) is 26.6. The lowest BCUT2D eigenvalue weighted by molar-refractivity contribution is 0.0734. The number of amides is 2. The van der Waals surface area contributed by atoms with Crippen LogP contribution in [0.1, 0.15) is 42.2 Å². The highest BCUT2D eigenvalue weighted by Crippen LogP contribution is 2.23. The standard InChI is InChI=1S/C29H21Cl2N3O4/c1-18-2-4-21(5-3-18)29(37)38-26-15-12-24(31)16-22(26)17-32-34-28(36)20-8-13-25(14-9-20)33-27(35)19-6-10-23(30)11-7-19/h2-17H,1H3,(H,33,35)(H,34,36)/b32-17+. The van der Waals surface area contributed by atoms with Crippen LogP contribution in [-0.4, -0.2) is 24.0 Å². The molecule has 0 atom stereocenters. The maximum atomic E-state index is 12.5. The van der Waals surface area contributed by atoms with Crippen molar-refractivity contribution >= 4 is 52.9 Å². The van der Waals surface area contributed by atoms with Crippen LogP contribution in [-0.2, 0) is 0 Å². The van der Waals surface area contributed by atoms with Crippen molar-refractivity contribution in [3.63, 3.8) is 0 Å². The van der Waals surface area contributed by atoms with E-state index in [1.165, 1.54) is 6.21 Å². The van der Waals surface area contributed by atoms with Crippen LogP contribution in [0.5, 0.6) is 5.75 Å². The number of benzene rings is 4. The molecule has 4 aromatic carbocycles. The SMILES string of the molecule is Cc1ccc(C(=O)Oc2ccc(Cl)cc2/C=N/NC(=O)c2ccc(NC(=O)c3ccc(Cl)cc3)cc2)cc1. The number of nitrogens with zero attached hydrogens (tertiary/aromatic N) is 1. The molecular formula is C29H21Cl2N3O4. The summed E-state index contributed by atoms with van der Waals surface area (Å²) in [5, 5.41) is 7.67. The predicted octanol–water partition coefficient (Wildman–Crippen LogP) is 6.54. The molecule has 0 saturated heterocycles. The molecule has 4 rings (SSSR count). The van der Waals surface area contributed by atoms with Crippen LogP contribution >= 0.6 is 23.2 Å². The fourth-order valence-corrected chi connectivity index (χ4v) is 3.60. The molecule has 2 N–H and O–H groups in total. The van der Waals surface area contributed by atoms with Gasteiger partial charge in [0.05, 0.1) is 11.8 Å². The molecule has 7 nitrogen and oxygen atoms in total. The Morgan fingerprint density at radius 1 is 0.737 bits per heavy atom. The number of ether oxygens (including phenoxy) is 1. The highest BCUT2D eigenvalue weighted by Gasteiger charge is 2.12. The zero-order valence-electron chi connectivity index (χ0n) is 20.1. The lowest BCUT2D eigenvalue weighted by Gasteiger charge is -2.08. The number of carbonyl (C=O) groups is 3. The summed E-state index contributed by atoms with van der Waals surface area (Å²) in [5.41, 5.74) is 5.54. The number of aryl methyl sites for hydroxylation is 1. The van der Waals surface area contributed by atoms with Gasteiger partial charge in [-0.3, -0.25) is 9.59 Å². The van der Waals surface area contributed by atoms with Crippen molar-refractivity contribution in [1.29, 1.82) is 0 Å². The average Bonchev–Trinajstić information content (AvgIpc) is 2.91. The molecular weight excluding hydrogens is 525 g/mol. The lowest BCUT2D eigenvalue weighted by Crippen LogP contribution is -2.18. The Morgan fingerprint density at radius 3 is 2.00 bits per heavy atom. The van der Waals surface area contributed by atoms with Crippen LogP contribution in [0, 0.1) is 6.92 Å². The minimum atomic E-state index is -0.533. The number of carbonyl (C=O) groups excluding carboxylic acids is 3. The molecule has 9 heteroatoms. The van der Waals surface area contributed by atoms with Gasteiger partial charge in [0.1, 0.15) is 5.75 Å². The summed E-state index contributed by atoms with van der Waals surface area (Å²) in [6.45, 7) is 1.92. The van der Waals surface area contributed by atoms with Crippen molar-refractivity contribution < 1.29 is 19.1 Å². The van der Waals surface area contributed by atoms with Crippen LogP contribution < -0.4 is 15.5 Å². The fraction of sp³-hybridized carbons (Fsp3) is 0.0345. The highest BCUT2D eigenvalue weighted by molar-refractivity contribution is 6.31. The minimum Gasteiger partial charge on any atom is -0.422 e. The molecule has 0 bridgehead atoms. The molecule has 4 aromatic rings. The summed E-state index contributed by atoms with van der Waals surface area (Å²) in [6, 6.07) is 24.5. The topological polar surface area (TPSA) is 96.9 Å². The van der Waals surface area contributed by atoms with Gasteiger partial charge in [0.2, 0.25) is 0 Å². The number of hydrazone groups is 1. The van der Waals surface area contributed by atoms with Crippen LogP contribution in [0.25, 0.3) is 0 Å². The van der Waals surface area contributed by atoms with Crippen LogP contribution in [0.2, 0.25) is 10.0 Å². The predicted molar refractivity (Wildman–Crippen MR) is 148 cm³/mol. The van der Waals surface area contributed by atoms with E-state index in [1.54, 1.807) is 78.9 Å². The van der Waals surface area contributed by atoms with Crippen molar-refractivity contribution in [3.8, 4) is 5.75 Å².